The molecule has 2 aliphatic rings. The van der Waals surface area contributed by atoms with Gasteiger partial charge in [-0.05, 0) is 36.3 Å². The van der Waals surface area contributed by atoms with Gasteiger partial charge >= 0.3 is 5.97 Å². The van der Waals surface area contributed by atoms with Gasteiger partial charge in [0.1, 0.15) is 5.82 Å². The van der Waals surface area contributed by atoms with Crippen LogP contribution in [0, 0.1) is 24.7 Å². The van der Waals surface area contributed by atoms with Crippen LogP contribution in [0.5, 0.6) is 0 Å². The van der Waals surface area contributed by atoms with Gasteiger partial charge in [0.25, 0.3) is 0 Å². The van der Waals surface area contributed by atoms with Crippen LogP contribution < -0.4 is 4.90 Å². The molecule has 7 nitrogen and oxygen atoms in total. The maximum Gasteiger partial charge on any atom is 0.338 e. The molecule has 0 spiro atoms. The number of anilines is 1. The molecule has 2 unspecified atom stereocenters. The van der Waals surface area contributed by atoms with Crippen molar-refractivity contribution < 1.29 is 14.6 Å². The Morgan fingerprint density at radius 1 is 1.36 bits per heavy atom. The SMILES string of the molecule is COCC1C2CN(c3ccc(Cn4cc(C(=O)O)cn4)c(C)n3)CC12. The monoisotopic (exact) mass is 342 g/mol. The number of rotatable bonds is 6. The van der Waals surface area contributed by atoms with Gasteiger partial charge < -0.3 is 14.7 Å². The average Bonchev–Trinajstić information content (AvgIpc) is 2.99. The van der Waals surface area contributed by atoms with Crippen LogP contribution in [0.2, 0.25) is 0 Å². The van der Waals surface area contributed by atoms with Gasteiger partial charge in [-0.2, -0.15) is 5.10 Å². The maximum atomic E-state index is 10.9. The highest BCUT2D eigenvalue weighted by molar-refractivity contribution is 5.86. The smallest absolute Gasteiger partial charge is 0.338 e. The van der Waals surface area contributed by atoms with E-state index in [4.69, 9.17) is 14.8 Å². The van der Waals surface area contributed by atoms with Crippen molar-refractivity contribution in [3.05, 3.63) is 41.3 Å². The van der Waals surface area contributed by atoms with E-state index in [2.05, 4.69) is 22.1 Å². The lowest BCUT2D eigenvalue weighted by atomic mass is 10.2. The standard InChI is InChI=1S/C18H22N4O3/c1-11-12(6-22-7-13(5-19-22)18(23)24)3-4-17(20-11)21-8-14-15(9-21)16(14)10-25-2/h3-5,7,14-16H,6,8-10H2,1-2H3,(H,23,24). The van der Waals surface area contributed by atoms with E-state index in [9.17, 15) is 4.79 Å². The first-order valence-electron chi connectivity index (χ1n) is 8.53. The lowest BCUT2D eigenvalue weighted by molar-refractivity contribution is 0.0697. The Kier molecular flexibility index (Phi) is 3.95. The zero-order valence-corrected chi connectivity index (χ0v) is 14.4. The lowest BCUT2D eigenvalue weighted by Gasteiger charge is -2.21. The van der Waals surface area contributed by atoms with Crippen molar-refractivity contribution in [2.45, 2.75) is 13.5 Å². The quantitative estimate of drug-likeness (QED) is 0.860. The van der Waals surface area contributed by atoms with Crippen molar-refractivity contribution in [1.82, 2.24) is 14.8 Å². The number of carboxylic acids is 1. The highest BCUT2D eigenvalue weighted by Crippen LogP contribution is 2.52. The van der Waals surface area contributed by atoms with Gasteiger partial charge in [0.15, 0.2) is 0 Å². The molecule has 0 aromatic carbocycles. The third-order valence-corrected chi connectivity index (χ3v) is 5.45. The fraction of sp³-hybridized carbons (Fsp3) is 0.500. The Morgan fingerprint density at radius 2 is 2.12 bits per heavy atom. The first-order chi connectivity index (χ1) is 12.1. The third kappa shape index (κ3) is 3.00. The summed E-state index contributed by atoms with van der Waals surface area (Å²) in [5.74, 6) is 2.29. The van der Waals surface area contributed by atoms with Gasteiger partial charge in [-0.1, -0.05) is 6.07 Å². The van der Waals surface area contributed by atoms with E-state index in [-0.39, 0.29) is 5.56 Å². The number of aromatic carboxylic acids is 1. The molecule has 1 saturated heterocycles. The summed E-state index contributed by atoms with van der Waals surface area (Å²) >= 11 is 0. The molecule has 2 fully saturated rings. The Labute approximate surface area is 146 Å². The van der Waals surface area contributed by atoms with Gasteiger partial charge in [0, 0.05) is 38.7 Å². The summed E-state index contributed by atoms with van der Waals surface area (Å²) in [7, 11) is 1.77. The fourth-order valence-corrected chi connectivity index (χ4v) is 3.93. The van der Waals surface area contributed by atoms with E-state index in [1.165, 1.54) is 6.20 Å². The van der Waals surface area contributed by atoms with Gasteiger partial charge in [-0.3, -0.25) is 4.68 Å². The zero-order valence-electron chi connectivity index (χ0n) is 14.4. The molecule has 7 heteroatoms. The highest BCUT2D eigenvalue weighted by atomic mass is 16.5. The number of nitrogens with zero attached hydrogens (tertiary/aromatic N) is 4. The summed E-state index contributed by atoms with van der Waals surface area (Å²) in [5, 5.41) is 13.1. The number of hydrogen-bond acceptors (Lipinski definition) is 5. The van der Waals surface area contributed by atoms with E-state index in [0.29, 0.717) is 6.54 Å². The molecule has 1 aliphatic carbocycles. The summed E-state index contributed by atoms with van der Waals surface area (Å²) in [4.78, 5) is 18.1. The van der Waals surface area contributed by atoms with Crippen molar-refractivity contribution in [2.24, 2.45) is 17.8 Å². The minimum Gasteiger partial charge on any atom is -0.478 e. The van der Waals surface area contributed by atoms with E-state index in [1.807, 2.05) is 6.92 Å². The van der Waals surface area contributed by atoms with Crippen LogP contribution in [0.3, 0.4) is 0 Å². The number of carboxylic acid groups (broad SMARTS) is 1. The second-order valence-electron chi connectivity index (χ2n) is 7.00. The predicted molar refractivity (Wildman–Crippen MR) is 91.8 cm³/mol. The lowest BCUT2D eigenvalue weighted by Crippen LogP contribution is -2.26. The number of carbonyl (C=O) groups is 1. The van der Waals surface area contributed by atoms with Gasteiger partial charge in [-0.25, -0.2) is 9.78 Å². The largest absolute Gasteiger partial charge is 0.478 e. The number of aromatic nitrogens is 3. The number of methoxy groups -OCH3 is 1. The highest BCUT2D eigenvalue weighted by Gasteiger charge is 2.55. The second kappa shape index (κ2) is 6.15. The zero-order chi connectivity index (χ0) is 17.6. The molecule has 2 aromatic heterocycles. The molecule has 1 N–H and O–H groups in total. The Hall–Kier alpha value is -2.41. The van der Waals surface area contributed by atoms with E-state index < -0.39 is 5.97 Å². The van der Waals surface area contributed by atoms with Crippen molar-refractivity contribution >= 4 is 11.8 Å². The second-order valence-corrected chi connectivity index (χ2v) is 7.00. The molecule has 25 heavy (non-hydrogen) atoms. The Morgan fingerprint density at radius 3 is 2.72 bits per heavy atom. The van der Waals surface area contributed by atoms with Crippen LogP contribution in [0.25, 0.3) is 0 Å². The summed E-state index contributed by atoms with van der Waals surface area (Å²) in [6, 6.07) is 4.12. The van der Waals surface area contributed by atoms with Crippen molar-refractivity contribution in [3.8, 4) is 0 Å². The molecule has 132 valence electrons. The summed E-state index contributed by atoms with van der Waals surface area (Å²) in [6.45, 7) is 5.51. The first-order valence-corrected chi connectivity index (χ1v) is 8.53. The van der Waals surface area contributed by atoms with Crippen molar-refractivity contribution in [1.29, 1.82) is 0 Å². The molecule has 2 aromatic rings. The van der Waals surface area contributed by atoms with Crippen molar-refractivity contribution in [2.75, 3.05) is 31.7 Å². The summed E-state index contributed by atoms with van der Waals surface area (Å²) in [6.07, 6.45) is 2.91. The number of piperidine rings is 1. The van der Waals surface area contributed by atoms with Crippen molar-refractivity contribution in [3.63, 3.8) is 0 Å². The molecule has 4 rings (SSSR count). The van der Waals surface area contributed by atoms with Gasteiger partial charge in [0.2, 0.25) is 0 Å². The number of fused-ring (bicyclic) bond motifs is 1. The summed E-state index contributed by atoms with van der Waals surface area (Å²) < 4.78 is 6.90. The predicted octanol–water partition coefficient (Wildman–Crippen LogP) is 1.66. The number of hydrogen-bond donors (Lipinski definition) is 1. The molecule has 3 heterocycles. The molecule has 1 saturated carbocycles. The average molecular weight is 342 g/mol. The Bertz CT molecular complexity index is 791. The van der Waals surface area contributed by atoms with Gasteiger partial charge in [0.05, 0.1) is 18.3 Å². The molecule has 1 aliphatic heterocycles. The van der Waals surface area contributed by atoms with Crippen LogP contribution in [0.1, 0.15) is 21.6 Å². The minimum absolute atomic E-state index is 0.198. The van der Waals surface area contributed by atoms with Gasteiger partial charge in [-0.15, -0.1) is 0 Å². The van der Waals surface area contributed by atoms with E-state index in [1.54, 1.807) is 18.0 Å². The molecule has 2 atom stereocenters. The molecule has 0 radical (unpaired) electrons. The van der Waals surface area contributed by atoms with Crippen LogP contribution in [-0.4, -0.2) is 52.6 Å². The number of pyridine rings is 1. The summed E-state index contributed by atoms with van der Waals surface area (Å²) in [5.41, 5.74) is 2.20. The topological polar surface area (TPSA) is 80.5 Å². The van der Waals surface area contributed by atoms with Crippen LogP contribution in [0.4, 0.5) is 5.82 Å². The van der Waals surface area contributed by atoms with E-state index >= 15 is 0 Å². The number of ether oxygens (including phenoxy) is 1. The normalized spacial score (nSPS) is 24.4. The Balaban J connectivity index is 1.42. The van der Waals surface area contributed by atoms with Crippen LogP contribution >= 0.6 is 0 Å². The van der Waals surface area contributed by atoms with Crippen LogP contribution in [0.15, 0.2) is 24.5 Å². The molecule has 0 amide bonds. The van der Waals surface area contributed by atoms with Crippen LogP contribution in [-0.2, 0) is 11.3 Å². The first kappa shape index (κ1) is 16.1. The maximum absolute atomic E-state index is 10.9. The third-order valence-electron chi connectivity index (χ3n) is 5.45. The number of aryl methyl sites for hydroxylation is 1. The fourth-order valence-electron chi connectivity index (χ4n) is 3.93. The molecular formula is C18H22N4O3. The molecular weight excluding hydrogens is 320 g/mol. The molecule has 0 bridgehead atoms. The van der Waals surface area contributed by atoms with E-state index in [0.717, 1.165) is 54.5 Å². The minimum atomic E-state index is -0.962.